The maximum atomic E-state index is 12.7. The molecule has 2 unspecified atom stereocenters. The minimum Gasteiger partial charge on any atom is -0.506 e. The molecular formula is C32H47N3O3S. The van der Waals surface area contributed by atoms with Crippen molar-refractivity contribution in [2.45, 2.75) is 73.6 Å². The van der Waals surface area contributed by atoms with Crippen molar-refractivity contribution in [3.63, 3.8) is 0 Å². The number of thioether (sulfide) groups is 1. The van der Waals surface area contributed by atoms with Gasteiger partial charge in [0.15, 0.2) is 5.12 Å². The molecule has 2 N–H and O–H groups in total. The largest absolute Gasteiger partial charge is 0.506 e. The van der Waals surface area contributed by atoms with Gasteiger partial charge < -0.3 is 15.3 Å². The molecule has 1 aromatic heterocycles. The number of rotatable bonds is 11. The van der Waals surface area contributed by atoms with E-state index in [2.05, 4.69) is 63.1 Å². The van der Waals surface area contributed by atoms with E-state index < -0.39 is 0 Å². The minimum absolute atomic E-state index is 0.0256. The Labute approximate surface area is 239 Å². The molecule has 214 valence electrons. The van der Waals surface area contributed by atoms with Crippen LogP contribution in [0, 0.1) is 11.3 Å². The summed E-state index contributed by atoms with van der Waals surface area (Å²) in [5, 5.41) is 12.5. The molecule has 0 aromatic carbocycles. The molecule has 2 aliphatic carbocycles. The van der Waals surface area contributed by atoms with Gasteiger partial charge in [-0.05, 0) is 68.9 Å². The molecule has 2 amide bonds. The number of aromatic nitrogens is 1. The number of allylic oxidation sites excluding steroid dienone is 5. The topological polar surface area (TPSA) is 82.5 Å². The van der Waals surface area contributed by atoms with Crippen LogP contribution in [0.2, 0.25) is 0 Å². The van der Waals surface area contributed by atoms with Gasteiger partial charge in [-0.3, -0.25) is 9.78 Å². The first-order chi connectivity index (χ1) is 18.6. The first-order valence-electron chi connectivity index (χ1n) is 14.1. The summed E-state index contributed by atoms with van der Waals surface area (Å²) < 4.78 is 0. The van der Waals surface area contributed by atoms with E-state index in [1.807, 2.05) is 17.1 Å². The summed E-state index contributed by atoms with van der Waals surface area (Å²) in [7, 11) is 0. The van der Waals surface area contributed by atoms with E-state index in [0.717, 1.165) is 62.1 Å². The van der Waals surface area contributed by atoms with E-state index in [0.29, 0.717) is 12.5 Å². The maximum Gasteiger partial charge on any atom is 0.317 e. The van der Waals surface area contributed by atoms with Crippen LogP contribution in [0.1, 0.15) is 79.2 Å². The predicted octanol–water partition coefficient (Wildman–Crippen LogP) is 7.54. The Morgan fingerprint density at radius 1 is 1.23 bits per heavy atom. The highest BCUT2D eigenvalue weighted by Gasteiger charge is 2.49. The van der Waals surface area contributed by atoms with Crippen molar-refractivity contribution < 1.29 is 14.7 Å². The fraction of sp³-hybridized carbons (Fsp3) is 0.531. The second-order valence-electron chi connectivity index (χ2n) is 10.9. The van der Waals surface area contributed by atoms with Crippen LogP contribution in [0.4, 0.5) is 4.79 Å². The van der Waals surface area contributed by atoms with Crippen molar-refractivity contribution in [1.29, 1.82) is 0 Å². The standard InChI is InChI=1S/C23H36N2O2S.C9H11NO/c1-6-10-25(11-9-23(5)14-21(23)16-28-19(4)26)22(27)24-15-20-8-7-17(2)12-18(3)13-20;1-2-3-4-8-5-6-10-7-9(8)11/h7-8,13,21H,6,9-12,14-16H2,1-5H3,(H,24,27);3-7,11H,2H2,1H3. The Balaban J connectivity index is 0.000000404. The fourth-order valence-corrected chi connectivity index (χ4v) is 5.57. The lowest BCUT2D eigenvalue weighted by Gasteiger charge is -2.24. The molecule has 2 aliphatic rings. The molecule has 0 radical (unpaired) electrons. The number of carbonyl (C=O) groups excluding carboxylic acids is 2. The molecule has 0 saturated heterocycles. The normalized spacial score (nSPS) is 20.2. The zero-order valence-corrected chi connectivity index (χ0v) is 25.4. The fourth-order valence-electron chi connectivity index (χ4n) is 4.61. The van der Waals surface area contributed by atoms with Crippen LogP contribution < -0.4 is 5.32 Å². The molecule has 3 rings (SSSR count). The molecule has 0 aliphatic heterocycles. The molecule has 2 atom stereocenters. The molecule has 0 bridgehead atoms. The number of hydrogen-bond acceptors (Lipinski definition) is 5. The molecule has 6 nitrogen and oxygen atoms in total. The second-order valence-corrected chi connectivity index (χ2v) is 12.1. The van der Waals surface area contributed by atoms with E-state index in [4.69, 9.17) is 0 Å². The summed E-state index contributed by atoms with van der Waals surface area (Å²) in [6.07, 6.45) is 18.5. The summed E-state index contributed by atoms with van der Waals surface area (Å²) in [4.78, 5) is 29.6. The number of pyridine rings is 1. The molecule has 39 heavy (non-hydrogen) atoms. The lowest BCUT2D eigenvalue weighted by Crippen LogP contribution is -2.42. The predicted molar refractivity (Wildman–Crippen MR) is 165 cm³/mol. The number of amides is 2. The third-order valence-corrected chi connectivity index (χ3v) is 8.12. The Morgan fingerprint density at radius 3 is 2.67 bits per heavy atom. The van der Waals surface area contributed by atoms with E-state index in [1.54, 1.807) is 19.2 Å². The van der Waals surface area contributed by atoms with Crippen LogP contribution in [-0.2, 0) is 4.79 Å². The quantitative estimate of drug-likeness (QED) is 0.296. The first kappa shape index (κ1) is 32.4. The first-order valence-corrected chi connectivity index (χ1v) is 15.1. The van der Waals surface area contributed by atoms with Crippen molar-refractivity contribution in [2.75, 3.05) is 25.4 Å². The summed E-state index contributed by atoms with van der Waals surface area (Å²) in [5.74, 6) is 1.75. The van der Waals surface area contributed by atoms with Crippen molar-refractivity contribution in [3.05, 3.63) is 65.0 Å². The Morgan fingerprint density at radius 2 is 2.00 bits per heavy atom. The molecule has 1 aromatic rings. The van der Waals surface area contributed by atoms with Crippen LogP contribution in [0.25, 0.3) is 6.08 Å². The van der Waals surface area contributed by atoms with Gasteiger partial charge >= 0.3 is 6.03 Å². The molecular weight excluding hydrogens is 506 g/mol. The third-order valence-electron chi connectivity index (χ3n) is 7.14. The van der Waals surface area contributed by atoms with Crippen LogP contribution in [0.3, 0.4) is 0 Å². The van der Waals surface area contributed by atoms with Gasteiger partial charge in [0.05, 0.1) is 6.20 Å². The van der Waals surface area contributed by atoms with Gasteiger partial charge in [-0.1, -0.05) is 74.1 Å². The van der Waals surface area contributed by atoms with E-state index in [9.17, 15) is 14.7 Å². The van der Waals surface area contributed by atoms with Crippen molar-refractivity contribution in [3.8, 4) is 5.75 Å². The molecule has 0 spiro atoms. The van der Waals surface area contributed by atoms with E-state index >= 15 is 0 Å². The van der Waals surface area contributed by atoms with Gasteiger partial charge in [0, 0.05) is 44.1 Å². The smallest absolute Gasteiger partial charge is 0.317 e. The van der Waals surface area contributed by atoms with Gasteiger partial charge in [-0.15, -0.1) is 0 Å². The summed E-state index contributed by atoms with van der Waals surface area (Å²) in [6, 6.07) is 1.80. The van der Waals surface area contributed by atoms with Crippen LogP contribution in [0.15, 0.2) is 59.5 Å². The summed E-state index contributed by atoms with van der Waals surface area (Å²) in [6.45, 7) is 14.5. The Bertz CT molecular complexity index is 1090. The minimum atomic E-state index is 0.0256. The van der Waals surface area contributed by atoms with Gasteiger partial charge in [-0.2, -0.15) is 0 Å². The van der Waals surface area contributed by atoms with Gasteiger partial charge in [0.25, 0.3) is 0 Å². The molecule has 1 fully saturated rings. The highest BCUT2D eigenvalue weighted by atomic mass is 32.2. The van der Waals surface area contributed by atoms with Crippen molar-refractivity contribution in [2.24, 2.45) is 11.3 Å². The number of carbonyl (C=O) groups is 2. The Hall–Kier alpha value is -2.80. The summed E-state index contributed by atoms with van der Waals surface area (Å²) >= 11 is 1.43. The zero-order valence-electron chi connectivity index (χ0n) is 24.6. The van der Waals surface area contributed by atoms with Crippen molar-refractivity contribution in [1.82, 2.24) is 15.2 Å². The number of nitrogens with zero attached hydrogens (tertiary/aromatic N) is 2. The van der Waals surface area contributed by atoms with Crippen LogP contribution in [0.5, 0.6) is 5.75 Å². The maximum absolute atomic E-state index is 12.7. The molecule has 7 heteroatoms. The highest BCUT2D eigenvalue weighted by Crippen LogP contribution is 2.56. The molecule has 1 saturated carbocycles. The average molecular weight is 554 g/mol. The van der Waals surface area contributed by atoms with E-state index in [1.165, 1.54) is 29.1 Å². The van der Waals surface area contributed by atoms with Gasteiger partial charge in [-0.25, -0.2) is 4.79 Å². The zero-order chi connectivity index (χ0) is 28.8. The summed E-state index contributed by atoms with van der Waals surface area (Å²) in [5.41, 5.74) is 4.92. The van der Waals surface area contributed by atoms with Gasteiger partial charge in [0.2, 0.25) is 0 Å². The number of nitrogens with one attached hydrogen (secondary N) is 1. The number of urea groups is 1. The van der Waals surface area contributed by atoms with Crippen molar-refractivity contribution >= 4 is 29.0 Å². The van der Waals surface area contributed by atoms with Crippen LogP contribution >= 0.6 is 11.8 Å². The SMILES string of the molecule is CCC=Cc1ccncc1O.CCCN(CCC1(C)CC1CSC(C)=O)C(=O)NCC1=CC=C(C)CC(C)=C1. The Kier molecular flexibility index (Phi) is 13.6. The van der Waals surface area contributed by atoms with Gasteiger partial charge in [0.1, 0.15) is 5.75 Å². The number of hydrogen-bond donors (Lipinski definition) is 2. The second kappa shape index (κ2) is 16.3. The number of aromatic hydroxyl groups is 1. The lowest BCUT2D eigenvalue weighted by atomic mass is 10.0. The highest BCUT2D eigenvalue weighted by molar-refractivity contribution is 8.13. The van der Waals surface area contributed by atoms with E-state index in [-0.39, 0.29) is 22.3 Å². The molecule has 1 heterocycles. The monoisotopic (exact) mass is 553 g/mol. The lowest BCUT2D eigenvalue weighted by molar-refractivity contribution is -0.109. The third kappa shape index (κ3) is 11.9. The average Bonchev–Trinajstić information content (AvgIpc) is 3.59. The van der Waals surface area contributed by atoms with Crippen LogP contribution in [-0.4, -0.2) is 51.5 Å².